The molecule has 0 amide bonds. The third-order valence-corrected chi connectivity index (χ3v) is 59.9. The fourth-order valence-corrected chi connectivity index (χ4v) is 77.7. The molecule has 0 unspecified atom stereocenters. The predicted octanol–water partition coefficient (Wildman–Crippen LogP) is 9.13. The van der Waals surface area contributed by atoms with Gasteiger partial charge in [0.2, 0.25) is 0 Å². The Balaban J connectivity index is 1.76. The molecule has 0 radical (unpaired) electrons. The minimum atomic E-state index is -3.78. The summed E-state index contributed by atoms with van der Waals surface area (Å²) < 4.78 is 0. The van der Waals surface area contributed by atoms with Crippen LogP contribution < -0.4 is 47.7 Å². The molecule has 0 aromatic heterocycles. The molecule has 299 valence electrons. The Morgan fingerprint density at radius 1 is 0.217 bits per heavy atom. The van der Waals surface area contributed by atoms with Crippen molar-refractivity contribution in [3.63, 3.8) is 0 Å². The zero-order chi connectivity index (χ0) is 40.7. The van der Waals surface area contributed by atoms with E-state index in [2.05, 4.69) is 278 Å². The van der Waals surface area contributed by atoms with Crippen LogP contribution in [-0.2, 0) is 15.4 Å². The van der Waals surface area contributed by atoms with Crippen molar-refractivity contribution in [1.82, 2.24) is 0 Å². The first-order chi connectivity index (χ1) is 29.8. The molecule has 0 N–H and O–H groups in total. The predicted molar refractivity (Wildman–Crippen MR) is 265 cm³/mol. The van der Waals surface area contributed by atoms with E-state index >= 15 is 4.79 Å². The average molecular weight is 877 g/mol. The fraction of sp³-hybridized carbons (Fsp3) is 0. The summed E-state index contributed by atoms with van der Waals surface area (Å²) in [6.07, 6.45) is 0. The van der Waals surface area contributed by atoms with Gasteiger partial charge >= 0.3 is 359 Å². The van der Waals surface area contributed by atoms with E-state index in [1.165, 1.54) is 47.7 Å². The van der Waals surface area contributed by atoms with E-state index < -0.39 is 28.8 Å². The van der Waals surface area contributed by atoms with E-state index in [4.69, 9.17) is 0 Å². The molecule has 1 nitrogen and oxygen atoms in total. The average Bonchev–Trinajstić information content (AvgIpc) is 3.35. The van der Waals surface area contributed by atoms with E-state index in [1.807, 2.05) is 0 Å². The minimum absolute atomic E-state index is 1.21. The van der Waals surface area contributed by atoms with Crippen molar-refractivity contribution in [3.8, 4) is 0 Å². The first-order valence-electron chi connectivity index (χ1n) is 20.3. The Morgan fingerprint density at radius 3 is 0.433 bits per heavy atom. The Morgan fingerprint density at radius 2 is 0.333 bits per heavy atom. The first-order valence-corrected chi connectivity index (χ1v) is 30.7. The Hall–Kier alpha value is -5.66. The van der Waals surface area contributed by atoms with Crippen molar-refractivity contribution < 1.29 is 15.4 Å². The standard InChI is InChI=1S/3C18H15P.CO.Ni/c3*1-4-10-16(11-5-1)19(17-12-6-2-7-13-17)18-14-8-3-9-15-18;1-2;/h3*1-15H;;/q;;;;-3/p+3. The van der Waals surface area contributed by atoms with Crippen LogP contribution in [-0.4, -0.2) is 4.86 Å². The van der Waals surface area contributed by atoms with Crippen molar-refractivity contribution in [3.05, 3.63) is 273 Å². The topological polar surface area (TPSA) is 17.1 Å². The molecule has 5 heteroatoms. The SMILES string of the molecule is O=[C]=[Ni]([PH](c1ccccc1)(c1ccccc1)c1ccccc1)([PH](c1ccccc1)(c1ccccc1)c1ccccc1)[PH](c1ccccc1)(c1ccccc1)c1ccccc1. The zero-order valence-electron chi connectivity index (χ0n) is 33.2. The van der Waals surface area contributed by atoms with Crippen molar-refractivity contribution >= 4 is 70.7 Å². The van der Waals surface area contributed by atoms with Crippen LogP contribution in [0.2, 0.25) is 0 Å². The van der Waals surface area contributed by atoms with E-state index in [0.29, 0.717) is 0 Å². The van der Waals surface area contributed by atoms with Crippen LogP contribution in [0.4, 0.5) is 0 Å². The number of benzene rings is 9. The third-order valence-electron chi connectivity index (χ3n) is 11.5. The van der Waals surface area contributed by atoms with Gasteiger partial charge in [-0.15, -0.1) is 0 Å². The molecule has 0 spiro atoms. The second-order valence-electron chi connectivity index (χ2n) is 14.7. The second kappa shape index (κ2) is 17.5. The van der Waals surface area contributed by atoms with Crippen molar-refractivity contribution in [2.45, 2.75) is 0 Å². The quantitative estimate of drug-likeness (QED) is 0.0885. The molecule has 0 saturated carbocycles. The molecule has 0 atom stereocenters. The normalized spacial score (nSPS) is 14.1. The maximum absolute atomic E-state index is 16.9. The molecule has 0 aliphatic heterocycles. The molecular formula is C55H48NiOP3. The summed E-state index contributed by atoms with van der Waals surface area (Å²) in [5, 5.41) is 10.9. The van der Waals surface area contributed by atoms with Crippen molar-refractivity contribution in [2.24, 2.45) is 0 Å². The van der Waals surface area contributed by atoms with Gasteiger partial charge in [-0.25, -0.2) is 0 Å². The van der Waals surface area contributed by atoms with Gasteiger partial charge in [-0.2, -0.15) is 0 Å². The van der Waals surface area contributed by atoms with Gasteiger partial charge in [0, 0.05) is 0 Å². The molecule has 0 fully saturated rings. The van der Waals surface area contributed by atoms with Crippen LogP contribution in [0.5, 0.6) is 0 Å². The molecule has 60 heavy (non-hydrogen) atoms. The second-order valence-corrected chi connectivity index (χ2v) is 41.7. The van der Waals surface area contributed by atoms with Gasteiger partial charge in [-0.3, -0.25) is 0 Å². The van der Waals surface area contributed by atoms with Gasteiger partial charge in [0.25, 0.3) is 0 Å². The molecule has 0 aliphatic carbocycles. The van der Waals surface area contributed by atoms with Gasteiger partial charge in [-0.1, -0.05) is 0 Å². The van der Waals surface area contributed by atoms with Gasteiger partial charge < -0.3 is 0 Å². The molecule has 0 bridgehead atoms. The third kappa shape index (κ3) is 6.10. The van der Waals surface area contributed by atoms with Gasteiger partial charge in [0.05, 0.1) is 0 Å². The summed E-state index contributed by atoms with van der Waals surface area (Å²) in [6, 6.07) is 89.3. The van der Waals surface area contributed by atoms with Crippen LogP contribution >= 0.6 is 18.1 Å². The van der Waals surface area contributed by atoms with Crippen LogP contribution in [0.15, 0.2) is 273 Å². The molecule has 0 heterocycles. The van der Waals surface area contributed by atoms with E-state index in [0.717, 1.165) is 0 Å². The Bertz CT molecular complexity index is 2240. The van der Waals surface area contributed by atoms with Gasteiger partial charge in [-0.05, 0) is 0 Å². The van der Waals surface area contributed by atoms with E-state index in [9.17, 15) is 0 Å². The Kier molecular flexibility index (Phi) is 11.6. The van der Waals surface area contributed by atoms with E-state index in [-0.39, 0.29) is 0 Å². The monoisotopic (exact) mass is 875 g/mol. The maximum atomic E-state index is 16.9. The van der Waals surface area contributed by atoms with Crippen molar-refractivity contribution in [2.75, 3.05) is 0 Å². The number of rotatable bonds is 12. The summed E-state index contributed by atoms with van der Waals surface area (Å²) in [6.45, 7) is 0. The summed E-state index contributed by atoms with van der Waals surface area (Å²) in [5.41, 5.74) is 0. The van der Waals surface area contributed by atoms with E-state index in [1.54, 1.807) is 0 Å². The summed E-state index contributed by atoms with van der Waals surface area (Å²) >= 11 is 0. The van der Waals surface area contributed by atoms with Crippen LogP contribution in [0.3, 0.4) is 0 Å². The molecule has 9 aromatic carbocycles. The first kappa shape index (κ1) is 39.8. The number of hydrogen-bond acceptors (Lipinski definition) is 1. The molecular weight excluding hydrogens is 828 g/mol. The van der Waals surface area contributed by atoms with Crippen LogP contribution in [0, 0.1) is 0 Å². The summed E-state index contributed by atoms with van der Waals surface area (Å²) in [4.78, 5) is 20.5. The van der Waals surface area contributed by atoms with Crippen molar-refractivity contribution in [1.29, 1.82) is 0 Å². The summed E-state index contributed by atoms with van der Waals surface area (Å²) in [5.74, 6) is 0. The Labute approximate surface area is 357 Å². The molecule has 0 saturated heterocycles. The van der Waals surface area contributed by atoms with Gasteiger partial charge in [0.1, 0.15) is 0 Å². The number of carbonyl (C=O) groups excluding carboxylic acids is 1. The van der Waals surface area contributed by atoms with Crippen LogP contribution in [0.25, 0.3) is 0 Å². The molecule has 0 aliphatic rings. The summed E-state index contributed by atoms with van der Waals surface area (Å²) in [7, 11) is -3.22. The van der Waals surface area contributed by atoms with Gasteiger partial charge in [0.15, 0.2) is 0 Å². The zero-order valence-corrected chi connectivity index (χ0v) is 37.2. The molecule has 9 aromatic rings. The van der Waals surface area contributed by atoms with Crippen LogP contribution in [0.1, 0.15) is 0 Å². The fourth-order valence-electron chi connectivity index (χ4n) is 9.33. The molecule has 9 rings (SSSR count). The number of hydrogen-bond donors (Lipinski definition) is 0.